The lowest BCUT2D eigenvalue weighted by molar-refractivity contribution is -0.148. The molecule has 2 aliphatic rings. The van der Waals surface area contributed by atoms with Gasteiger partial charge in [0.1, 0.15) is 0 Å². The first-order valence-corrected chi connectivity index (χ1v) is 5.74. The number of carbonyl (C=O) groups is 1. The van der Waals surface area contributed by atoms with E-state index < -0.39 is 0 Å². The molecule has 3 atom stereocenters. The second-order valence-electron chi connectivity index (χ2n) is 4.71. The first-order valence-electron chi connectivity index (χ1n) is 5.74. The molecule has 1 saturated carbocycles. The summed E-state index contributed by atoms with van der Waals surface area (Å²) in [5.74, 6) is -0.259. The van der Waals surface area contributed by atoms with Crippen LogP contribution in [0.4, 0.5) is 0 Å². The zero-order chi connectivity index (χ0) is 11.0. The predicted molar refractivity (Wildman–Crippen MR) is 57.3 cm³/mol. The highest BCUT2D eigenvalue weighted by Crippen LogP contribution is 2.34. The van der Waals surface area contributed by atoms with E-state index in [1.54, 1.807) is 0 Å². The Morgan fingerprint density at radius 3 is 2.60 bits per heavy atom. The highest BCUT2D eigenvalue weighted by atomic mass is 16.5. The first kappa shape index (κ1) is 10.9. The molecule has 0 amide bonds. The van der Waals surface area contributed by atoms with E-state index in [-0.39, 0.29) is 17.9 Å². The Balaban J connectivity index is 2.00. The van der Waals surface area contributed by atoms with Gasteiger partial charge < -0.3 is 10.5 Å². The Morgan fingerprint density at radius 1 is 1.40 bits per heavy atom. The van der Waals surface area contributed by atoms with Crippen LogP contribution in [0.15, 0.2) is 0 Å². The third-order valence-corrected chi connectivity index (χ3v) is 3.76. The predicted octanol–water partition coefficient (Wildman–Crippen LogP) is 0.359. The molecule has 0 bridgehead atoms. The maximum atomic E-state index is 11.5. The van der Waals surface area contributed by atoms with E-state index in [4.69, 9.17) is 10.5 Å². The van der Waals surface area contributed by atoms with Crippen LogP contribution in [-0.4, -0.2) is 42.6 Å². The minimum atomic E-state index is -0.148. The van der Waals surface area contributed by atoms with E-state index >= 15 is 0 Å². The number of nitrogens with two attached hydrogens (primary N) is 1. The highest BCUT2D eigenvalue weighted by molar-refractivity contribution is 5.73. The second-order valence-corrected chi connectivity index (χ2v) is 4.71. The number of piperidine rings is 1. The third kappa shape index (κ3) is 2.01. The number of esters is 1. The lowest BCUT2D eigenvalue weighted by Crippen LogP contribution is -2.57. The van der Waals surface area contributed by atoms with E-state index in [2.05, 4.69) is 11.8 Å². The maximum absolute atomic E-state index is 11.5. The van der Waals surface area contributed by atoms with Crippen LogP contribution in [0.25, 0.3) is 0 Å². The number of rotatable bonds is 2. The summed E-state index contributed by atoms with van der Waals surface area (Å²) < 4.78 is 4.78. The standard InChI is InChI=1S/C11H20N2O2/c1-7-10(12)9(11(14)15-2)5-6-13(7)8-3-4-8/h7-10H,3-6,12H2,1-2H3. The van der Waals surface area contributed by atoms with Crippen molar-refractivity contribution in [2.24, 2.45) is 11.7 Å². The summed E-state index contributed by atoms with van der Waals surface area (Å²) in [4.78, 5) is 13.9. The van der Waals surface area contributed by atoms with Crippen molar-refractivity contribution in [2.45, 2.75) is 44.3 Å². The summed E-state index contributed by atoms with van der Waals surface area (Å²) >= 11 is 0. The average Bonchev–Trinajstić information content (AvgIpc) is 3.04. The van der Waals surface area contributed by atoms with Crippen LogP contribution in [0.2, 0.25) is 0 Å². The third-order valence-electron chi connectivity index (χ3n) is 3.76. The van der Waals surface area contributed by atoms with Gasteiger partial charge in [0.25, 0.3) is 0 Å². The van der Waals surface area contributed by atoms with E-state index in [1.807, 2.05) is 0 Å². The molecule has 15 heavy (non-hydrogen) atoms. The number of nitrogens with zero attached hydrogens (tertiary/aromatic N) is 1. The lowest BCUT2D eigenvalue weighted by atomic mass is 9.86. The fourth-order valence-corrected chi connectivity index (χ4v) is 2.59. The highest BCUT2D eigenvalue weighted by Gasteiger charge is 2.42. The zero-order valence-electron chi connectivity index (χ0n) is 9.48. The number of ether oxygens (including phenoxy) is 1. The minimum Gasteiger partial charge on any atom is -0.469 e. The number of methoxy groups -OCH3 is 1. The summed E-state index contributed by atoms with van der Waals surface area (Å²) in [7, 11) is 1.44. The molecule has 0 aromatic heterocycles. The van der Waals surface area contributed by atoms with Crippen molar-refractivity contribution in [1.82, 2.24) is 4.90 Å². The molecule has 0 aromatic carbocycles. The fraction of sp³-hybridized carbons (Fsp3) is 0.909. The van der Waals surface area contributed by atoms with Crippen molar-refractivity contribution in [3.63, 3.8) is 0 Å². The van der Waals surface area contributed by atoms with Gasteiger partial charge in [-0.1, -0.05) is 0 Å². The molecule has 1 heterocycles. The Labute approximate surface area is 90.8 Å². The van der Waals surface area contributed by atoms with Crippen molar-refractivity contribution in [2.75, 3.05) is 13.7 Å². The summed E-state index contributed by atoms with van der Waals surface area (Å²) in [6.07, 6.45) is 3.43. The lowest BCUT2D eigenvalue weighted by Gasteiger charge is -2.41. The Morgan fingerprint density at radius 2 is 2.07 bits per heavy atom. The number of hydrogen-bond donors (Lipinski definition) is 1. The summed E-state index contributed by atoms with van der Waals surface area (Å²) in [5, 5.41) is 0. The fourth-order valence-electron chi connectivity index (χ4n) is 2.59. The van der Waals surface area contributed by atoms with E-state index in [0.29, 0.717) is 6.04 Å². The number of likely N-dealkylation sites (tertiary alicyclic amines) is 1. The first-order chi connectivity index (χ1) is 7.15. The zero-order valence-corrected chi connectivity index (χ0v) is 9.48. The van der Waals surface area contributed by atoms with E-state index in [9.17, 15) is 4.79 Å². The van der Waals surface area contributed by atoms with E-state index in [1.165, 1.54) is 20.0 Å². The number of hydrogen-bond acceptors (Lipinski definition) is 4. The van der Waals surface area contributed by atoms with Gasteiger partial charge in [-0.3, -0.25) is 9.69 Å². The van der Waals surface area contributed by atoms with Crippen LogP contribution in [0.1, 0.15) is 26.2 Å². The molecular weight excluding hydrogens is 192 g/mol. The maximum Gasteiger partial charge on any atom is 0.310 e. The van der Waals surface area contributed by atoms with Gasteiger partial charge in [-0.05, 0) is 32.7 Å². The molecule has 3 unspecified atom stereocenters. The van der Waals surface area contributed by atoms with Crippen molar-refractivity contribution in [3.8, 4) is 0 Å². The quantitative estimate of drug-likeness (QED) is 0.671. The molecule has 4 heteroatoms. The van der Waals surface area contributed by atoms with Crippen LogP contribution < -0.4 is 5.73 Å². The molecule has 4 nitrogen and oxygen atoms in total. The monoisotopic (exact) mass is 212 g/mol. The number of carbonyl (C=O) groups excluding carboxylic acids is 1. The molecule has 0 aromatic rings. The SMILES string of the molecule is COC(=O)C1CCN(C2CC2)C(C)C1N. The topological polar surface area (TPSA) is 55.6 Å². The van der Waals surface area contributed by atoms with Gasteiger partial charge in [0.15, 0.2) is 0 Å². The summed E-state index contributed by atoms with van der Waals surface area (Å²) in [6.45, 7) is 3.11. The van der Waals surface area contributed by atoms with Gasteiger partial charge in [-0.2, -0.15) is 0 Å². The molecule has 86 valence electrons. The van der Waals surface area contributed by atoms with Crippen molar-refractivity contribution in [1.29, 1.82) is 0 Å². The molecule has 0 spiro atoms. The van der Waals surface area contributed by atoms with Crippen molar-refractivity contribution >= 4 is 5.97 Å². The van der Waals surface area contributed by atoms with Crippen LogP contribution >= 0.6 is 0 Å². The summed E-state index contributed by atoms with van der Waals surface area (Å²) in [6, 6.07) is 0.951. The minimum absolute atomic E-state index is 0.0770. The van der Waals surface area contributed by atoms with Crippen molar-refractivity contribution in [3.05, 3.63) is 0 Å². The van der Waals surface area contributed by atoms with Gasteiger partial charge in [-0.25, -0.2) is 0 Å². The van der Waals surface area contributed by atoms with Crippen LogP contribution in [-0.2, 0) is 9.53 Å². The average molecular weight is 212 g/mol. The molecule has 2 N–H and O–H groups in total. The van der Waals surface area contributed by atoms with E-state index in [0.717, 1.165) is 19.0 Å². The van der Waals surface area contributed by atoms with Gasteiger partial charge in [0.2, 0.25) is 0 Å². The van der Waals surface area contributed by atoms with Crippen molar-refractivity contribution < 1.29 is 9.53 Å². The van der Waals surface area contributed by atoms with Gasteiger partial charge in [0, 0.05) is 18.1 Å². The molecule has 2 rings (SSSR count). The Bertz CT molecular complexity index is 253. The molecule has 0 radical (unpaired) electrons. The van der Waals surface area contributed by atoms with Gasteiger partial charge in [-0.15, -0.1) is 0 Å². The van der Waals surface area contributed by atoms with Gasteiger partial charge >= 0.3 is 5.97 Å². The smallest absolute Gasteiger partial charge is 0.310 e. The molecule has 2 fully saturated rings. The largest absolute Gasteiger partial charge is 0.469 e. The Hall–Kier alpha value is -0.610. The van der Waals surface area contributed by atoms with Crippen LogP contribution in [0, 0.1) is 5.92 Å². The second kappa shape index (κ2) is 4.10. The van der Waals surface area contributed by atoms with Crippen LogP contribution in [0.3, 0.4) is 0 Å². The molecular formula is C11H20N2O2. The normalized spacial score (nSPS) is 37.7. The molecule has 1 aliphatic carbocycles. The molecule has 1 aliphatic heterocycles. The van der Waals surface area contributed by atoms with Crippen LogP contribution in [0.5, 0.6) is 0 Å². The molecule has 1 saturated heterocycles. The van der Waals surface area contributed by atoms with Gasteiger partial charge in [0.05, 0.1) is 13.0 Å². The Kier molecular flexibility index (Phi) is 2.98. The summed E-state index contributed by atoms with van der Waals surface area (Å²) in [5.41, 5.74) is 6.11.